The summed E-state index contributed by atoms with van der Waals surface area (Å²) in [4.78, 5) is 64.2. The number of methoxy groups -OCH3 is 1. The van der Waals surface area contributed by atoms with Crippen LogP contribution in [0.4, 0.5) is 15.4 Å². The maximum absolute atomic E-state index is 13.5. The lowest BCUT2D eigenvalue weighted by atomic mass is 10.1. The average Bonchev–Trinajstić information content (AvgIpc) is 3.47. The minimum Gasteiger partial charge on any atom is -0.468 e. The third kappa shape index (κ3) is 6.81. The van der Waals surface area contributed by atoms with E-state index in [2.05, 4.69) is 25.6 Å². The number of fused-ring (bicyclic) bond motifs is 1. The summed E-state index contributed by atoms with van der Waals surface area (Å²) >= 11 is 0. The first-order valence-corrected chi connectivity index (χ1v) is 12.5. The molecule has 0 radical (unpaired) electrons. The van der Waals surface area contributed by atoms with Crippen LogP contribution in [0.25, 0.3) is 11.2 Å². The third-order valence-corrected chi connectivity index (χ3v) is 6.04. The number of alkyl carbamates (subject to hydrolysis) is 1. The number of imidazole rings is 1. The van der Waals surface area contributed by atoms with Gasteiger partial charge in [0.05, 0.1) is 19.5 Å². The monoisotopic (exact) mass is 553 g/mol. The van der Waals surface area contributed by atoms with Crippen LogP contribution in [0.5, 0.6) is 0 Å². The molecule has 1 fully saturated rings. The van der Waals surface area contributed by atoms with E-state index in [1.807, 2.05) is 30.3 Å². The van der Waals surface area contributed by atoms with Crippen LogP contribution in [0.15, 0.2) is 43.0 Å². The Kier molecular flexibility index (Phi) is 8.46. The molecule has 14 heteroatoms. The van der Waals surface area contributed by atoms with Crippen molar-refractivity contribution in [3.05, 3.63) is 48.5 Å². The normalized spacial score (nSPS) is 17.0. The summed E-state index contributed by atoms with van der Waals surface area (Å²) in [7, 11) is 1.23. The van der Waals surface area contributed by atoms with Gasteiger partial charge in [-0.15, -0.1) is 0 Å². The van der Waals surface area contributed by atoms with Crippen LogP contribution in [-0.2, 0) is 30.4 Å². The number of carbonyl (C=O) groups excluding carboxylic acids is 4. The van der Waals surface area contributed by atoms with E-state index in [0.29, 0.717) is 5.65 Å². The number of aromatic nitrogens is 4. The molecule has 2 N–H and O–H groups in total. The van der Waals surface area contributed by atoms with Gasteiger partial charge in [-0.3, -0.25) is 14.9 Å². The van der Waals surface area contributed by atoms with Gasteiger partial charge in [0.1, 0.15) is 31.1 Å². The maximum atomic E-state index is 13.5. The summed E-state index contributed by atoms with van der Waals surface area (Å²) in [6, 6.07) is 7.88. The van der Waals surface area contributed by atoms with Gasteiger partial charge in [-0.1, -0.05) is 30.3 Å². The molecule has 1 aliphatic rings. The molecule has 0 aliphatic carbocycles. The molecule has 0 spiro atoms. The largest absolute Gasteiger partial charge is 0.468 e. The zero-order chi connectivity index (χ0) is 28.9. The molecule has 14 nitrogen and oxygen atoms in total. The zero-order valence-electron chi connectivity index (χ0n) is 22.6. The molecular weight excluding hydrogens is 522 g/mol. The average molecular weight is 554 g/mol. The topological polar surface area (TPSA) is 167 Å². The molecule has 212 valence electrons. The van der Waals surface area contributed by atoms with Gasteiger partial charge in [-0.2, -0.15) is 0 Å². The minimum atomic E-state index is -0.784. The summed E-state index contributed by atoms with van der Waals surface area (Å²) in [6.45, 7) is 5.04. The molecular formula is C26H31N7O7. The van der Waals surface area contributed by atoms with Gasteiger partial charge < -0.3 is 29.0 Å². The fourth-order valence-corrected chi connectivity index (χ4v) is 4.24. The first-order valence-electron chi connectivity index (χ1n) is 12.5. The summed E-state index contributed by atoms with van der Waals surface area (Å²) in [5, 5.41) is 5.23. The Bertz CT molecular complexity index is 1390. The van der Waals surface area contributed by atoms with Crippen molar-refractivity contribution in [3.8, 4) is 0 Å². The lowest BCUT2D eigenvalue weighted by molar-refractivity contribution is -0.147. The highest BCUT2D eigenvalue weighted by Gasteiger charge is 2.42. The molecule has 1 aliphatic heterocycles. The summed E-state index contributed by atoms with van der Waals surface area (Å²) < 4.78 is 16.9. The van der Waals surface area contributed by atoms with Crippen molar-refractivity contribution < 1.29 is 33.4 Å². The van der Waals surface area contributed by atoms with E-state index >= 15 is 0 Å². The van der Waals surface area contributed by atoms with Gasteiger partial charge in [0.25, 0.3) is 0 Å². The minimum absolute atomic E-state index is 0.0514. The Hall–Kier alpha value is -4.75. The molecule has 2 atom stereocenters. The van der Waals surface area contributed by atoms with E-state index in [0.717, 1.165) is 5.56 Å². The van der Waals surface area contributed by atoms with E-state index in [-0.39, 0.29) is 43.4 Å². The first-order chi connectivity index (χ1) is 19.1. The molecule has 3 amide bonds. The molecule has 0 unspecified atom stereocenters. The molecule has 0 bridgehead atoms. The fraction of sp³-hybridized carbons (Fsp3) is 0.423. The highest BCUT2D eigenvalue weighted by molar-refractivity contribution is 5.94. The van der Waals surface area contributed by atoms with Crippen molar-refractivity contribution >= 4 is 41.0 Å². The van der Waals surface area contributed by atoms with Crippen molar-refractivity contribution in [3.63, 3.8) is 0 Å². The number of nitrogens with zero attached hydrogens (tertiary/aromatic N) is 5. The summed E-state index contributed by atoms with van der Waals surface area (Å²) in [5.74, 6) is -0.868. The van der Waals surface area contributed by atoms with E-state index < -0.39 is 35.8 Å². The van der Waals surface area contributed by atoms with Gasteiger partial charge in [-0.05, 0) is 32.8 Å². The van der Waals surface area contributed by atoms with E-state index in [9.17, 15) is 19.2 Å². The smallest absolute Gasteiger partial charge is 0.413 e. The zero-order valence-corrected chi connectivity index (χ0v) is 22.6. The van der Waals surface area contributed by atoms with Crippen LogP contribution in [0.3, 0.4) is 0 Å². The second-order valence-electron chi connectivity index (χ2n) is 10.1. The van der Waals surface area contributed by atoms with Crippen LogP contribution in [0.2, 0.25) is 0 Å². The number of amides is 3. The van der Waals surface area contributed by atoms with Crippen LogP contribution in [0.1, 0.15) is 38.8 Å². The Morgan fingerprint density at radius 3 is 2.52 bits per heavy atom. The number of carbonyl (C=O) groups is 4. The fourth-order valence-electron chi connectivity index (χ4n) is 4.24. The van der Waals surface area contributed by atoms with Crippen molar-refractivity contribution in [2.75, 3.05) is 25.5 Å². The Morgan fingerprint density at radius 2 is 1.82 bits per heavy atom. The van der Waals surface area contributed by atoms with Gasteiger partial charge in [0.15, 0.2) is 17.0 Å². The second-order valence-corrected chi connectivity index (χ2v) is 10.1. The van der Waals surface area contributed by atoms with Crippen LogP contribution >= 0.6 is 0 Å². The predicted molar refractivity (Wildman–Crippen MR) is 141 cm³/mol. The standard InChI is InChI=1S/C26H31N7O7/c1-26(2,3)40-24(36)27-11-17-10-18(23(35)32(17)12-19(34)38-4)33-15-30-20-21(28-14-29-22(20)33)31-25(37)39-13-16-8-6-5-7-9-16/h5-9,14-15,17-18H,10-13H2,1-4H3,(H,27,36)(H,28,29,31,37)/t17-,18-/m0/s1. The number of likely N-dealkylation sites (tertiary alicyclic amines) is 1. The Morgan fingerprint density at radius 1 is 1.07 bits per heavy atom. The van der Waals surface area contributed by atoms with E-state index in [4.69, 9.17) is 14.2 Å². The predicted octanol–water partition coefficient (Wildman–Crippen LogP) is 2.41. The van der Waals surface area contributed by atoms with Gasteiger partial charge in [-0.25, -0.2) is 24.5 Å². The van der Waals surface area contributed by atoms with Crippen molar-refractivity contribution in [1.82, 2.24) is 29.7 Å². The number of esters is 1. The number of nitrogens with one attached hydrogen (secondary N) is 2. The number of anilines is 1. The molecule has 4 rings (SSSR count). The van der Waals surface area contributed by atoms with Gasteiger partial charge >= 0.3 is 18.2 Å². The lowest BCUT2D eigenvalue weighted by Crippen LogP contribution is -2.45. The molecule has 3 aromatic rings. The van der Waals surface area contributed by atoms with Crippen molar-refractivity contribution in [1.29, 1.82) is 0 Å². The number of rotatable bonds is 8. The van der Waals surface area contributed by atoms with Crippen LogP contribution < -0.4 is 10.6 Å². The Balaban J connectivity index is 1.50. The molecule has 2 aromatic heterocycles. The molecule has 1 saturated heterocycles. The van der Waals surface area contributed by atoms with Crippen LogP contribution in [-0.4, -0.2) is 80.3 Å². The van der Waals surface area contributed by atoms with Gasteiger partial charge in [0, 0.05) is 6.54 Å². The van der Waals surface area contributed by atoms with E-state index in [1.54, 1.807) is 25.3 Å². The molecule has 1 aromatic carbocycles. The molecule has 0 saturated carbocycles. The highest BCUT2D eigenvalue weighted by Crippen LogP contribution is 2.32. The SMILES string of the molecule is COC(=O)CN1C(=O)[C@@H](n2cnc3c(NC(=O)OCc4ccccc4)ncnc32)C[C@H]1CNC(=O)OC(C)(C)C. The third-order valence-electron chi connectivity index (χ3n) is 6.04. The number of benzene rings is 1. The van der Waals surface area contributed by atoms with Gasteiger partial charge in [0.2, 0.25) is 5.91 Å². The molecule has 3 heterocycles. The highest BCUT2D eigenvalue weighted by atomic mass is 16.6. The Labute approximate surface area is 230 Å². The summed E-state index contributed by atoms with van der Waals surface area (Å²) in [6.07, 6.45) is 1.52. The van der Waals surface area contributed by atoms with Crippen molar-refractivity contribution in [2.24, 2.45) is 0 Å². The number of hydrogen-bond donors (Lipinski definition) is 2. The number of hydrogen-bond acceptors (Lipinski definition) is 10. The maximum Gasteiger partial charge on any atom is 0.413 e. The van der Waals surface area contributed by atoms with E-state index in [1.165, 1.54) is 24.7 Å². The first kappa shape index (κ1) is 28.3. The quantitative estimate of drug-likeness (QED) is 0.312. The second kappa shape index (κ2) is 12.0. The lowest BCUT2D eigenvalue weighted by Gasteiger charge is -2.25. The van der Waals surface area contributed by atoms with Crippen molar-refractivity contribution in [2.45, 2.75) is 51.5 Å². The molecule has 40 heavy (non-hydrogen) atoms. The van der Waals surface area contributed by atoms with Crippen LogP contribution in [0, 0.1) is 0 Å². The summed E-state index contributed by atoms with van der Waals surface area (Å²) in [5.41, 5.74) is 0.674. The number of ether oxygens (including phenoxy) is 3.